The van der Waals surface area contributed by atoms with Gasteiger partial charge >= 0.3 is 0 Å². The summed E-state index contributed by atoms with van der Waals surface area (Å²) in [5.41, 5.74) is 10.8. The van der Waals surface area contributed by atoms with E-state index < -0.39 is 0 Å². The lowest BCUT2D eigenvalue weighted by molar-refractivity contribution is 0.315. The van der Waals surface area contributed by atoms with Gasteiger partial charge in [-0.05, 0) is 69.0 Å². The van der Waals surface area contributed by atoms with Gasteiger partial charge in [0.2, 0.25) is 0 Å². The van der Waals surface area contributed by atoms with Crippen LogP contribution in [0, 0.1) is 0 Å². The zero-order valence-electron chi connectivity index (χ0n) is 20.5. The van der Waals surface area contributed by atoms with Crippen LogP contribution >= 0.6 is 11.3 Å². The van der Waals surface area contributed by atoms with Gasteiger partial charge in [0.05, 0.1) is 24.8 Å². The van der Waals surface area contributed by atoms with Crippen LogP contribution in [0.4, 0.5) is 0 Å². The fraction of sp³-hybridized carbons (Fsp3) is 0.500. The molecule has 1 fully saturated rings. The third-order valence-corrected chi connectivity index (χ3v) is 7.80. The number of hydrogen-bond acceptors (Lipinski definition) is 8. The van der Waals surface area contributed by atoms with E-state index in [1.165, 1.54) is 23.3 Å². The Labute approximate surface area is 207 Å². The molecule has 184 valence electrons. The fourth-order valence-electron chi connectivity index (χ4n) is 4.70. The Kier molecular flexibility index (Phi) is 8.13. The molecule has 0 amide bonds. The molecule has 0 bridgehead atoms. The molecule has 34 heavy (non-hydrogen) atoms. The molecule has 1 aliphatic carbocycles. The number of hydrazine groups is 1. The average Bonchev–Trinajstić information content (AvgIpc) is 3.52. The van der Waals surface area contributed by atoms with Gasteiger partial charge in [0.15, 0.2) is 11.5 Å². The molecule has 2 aliphatic rings. The van der Waals surface area contributed by atoms with E-state index in [1.807, 2.05) is 24.4 Å². The summed E-state index contributed by atoms with van der Waals surface area (Å²) < 4.78 is 11.0. The van der Waals surface area contributed by atoms with Crippen molar-refractivity contribution in [2.24, 2.45) is 11.6 Å². The number of fused-ring (bicyclic) bond motifs is 1. The second-order valence-corrected chi connectivity index (χ2v) is 10.0. The number of rotatable bonds is 10. The number of nitrogens with zero attached hydrogens (tertiary/aromatic N) is 3. The highest BCUT2D eigenvalue weighted by Crippen LogP contribution is 2.39. The second-order valence-electron chi connectivity index (χ2n) is 8.99. The molecule has 4 N–H and O–H groups in total. The summed E-state index contributed by atoms with van der Waals surface area (Å²) in [7, 11) is 3.28. The molecule has 0 saturated carbocycles. The van der Waals surface area contributed by atoms with E-state index in [-0.39, 0.29) is 6.04 Å². The molecule has 1 saturated heterocycles. The Morgan fingerprint density at radius 1 is 1.21 bits per heavy atom. The normalized spacial score (nSPS) is 17.3. The monoisotopic (exact) mass is 483 g/mol. The predicted octanol–water partition coefficient (Wildman–Crippen LogP) is 4.45. The van der Waals surface area contributed by atoms with Crippen molar-refractivity contribution < 1.29 is 9.47 Å². The molecule has 7 nitrogen and oxygen atoms in total. The van der Waals surface area contributed by atoms with E-state index in [0.717, 1.165) is 67.3 Å². The van der Waals surface area contributed by atoms with Crippen molar-refractivity contribution in [2.45, 2.75) is 51.5 Å². The number of ether oxygens (including phenoxy) is 2. The first-order chi connectivity index (χ1) is 16.5. The highest BCUT2D eigenvalue weighted by atomic mass is 32.1. The van der Waals surface area contributed by atoms with Gasteiger partial charge in [0, 0.05) is 24.9 Å². The highest BCUT2D eigenvalue weighted by molar-refractivity contribution is 7.12. The minimum absolute atomic E-state index is 0.279. The van der Waals surface area contributed by atoms with E-state index >= 15 is 0 Å². The number of aryl methyl sites for hydroxylation is 1. The molecule has 1 aromatic carbocycles. The molecule has 1 aromatic heterocycles. The predicted molar refractivity (Wildman–Crippen MR) is 139 cm³/mol. The molecule has 1 unspecified atom stereocenters. The van der Waals surface area contributed by atoms with E-state index in [1.54, 1.807) is 30.6 Å². The summed E-state index contributed by atoms with van der Waals surface area (Å²) in [5, 5.41) is 2.66. The largest absolute Gasteiger partial charge is 0.493 e. The quantitative estimate of drug-likeness (QED) is 0.381. The number of thiazole rings is 1. The Balaban J connectivity index is 1.65. The fourth-order valence-corrected chi connectivity index (χ4v) is 5.94. The standard InChI is InChI=1S/C26H37N5O2S/c1-4-18-7-9-21-24(15-18)34-26(29-21)25(19-8-10-22(32-2)23(16-19)33-3)31(28)17-20(27)11-14-30-12-5-6-13-30/h8,10,15-17,25H,4-7,9,11-14,27-28H2,1-3H3/b20-17-. The number of nitrogens with two attached hydrogens (primary N) is 2. The minimum atomic E-state index is -0.279. The first kappa shape index (κ1) is 24.6. The van der Waals surface area contributed by atoms with E-state index in [4.69, 9.17) is 26.0 Å². The summed E-state index contributed by atoms with van der Waals surface area (Å²) in [4.78, 5) is 8.73. The molecule has 2 aromatic rings. The molecule has 1 atom stereocenters. The van der Waals surface area contributed by atoms with Crippen molar-refractivity contribution in [3.8, 4) is 11.5 Å². The van der Waals surface area contributed by atoms with Crippen LogP contribution in [-0.4, -0.2) is 48.7 Å². The van der Waals surface area contributed by atoms with Crippen LogP contribution in [0.5, 0.6) is 11.5 Å². The zero-order valence-corrected chi connectivity index (χ0v) is 21.4. The first-order valence-corrected chi connectivity index (χ1v) is 13.0. The SMILES string of the molecule is CCC1=Cc2sc(C(c3ccc(OC)c(OC)c3)N(N)/C=C(\N)CCN3CCCC3)nc2CC1. The van der Waals surface area contributed by atoms with Gasteiger partial charge in [-0.25, -0.2) is 10.8 Å². The van der Waals surface area contributed by atoms with E-state index in [9.17, 15) is 0 Å². The Hall–Kier alpha value is -2.55. The molecular weight excluding hydrogens is 446 g/mol. The maximum Gasteiger partial charge on any atom is 0.161 e. The van der Waals surface area contributed by atoms with Gasteiger partial charge < -0.3 is 25.1 Å². The summed E-state index contributed by atoms with van der Waals surface area (Å²) >= 11 is 1.71. The van der Waals surface area contributed by atoms with E-state index in [2.05, 4.69) is 17.9 Å². The van der Waals surface area contributed by atoms with Crippen LogP contribution in [0.2, 0.25) is 0 Å². The molecule has 0 radical (unpaired) electrons. The lowest BCUT2D eigenvalue weighted by Crippen LogP contribution is -2.32. The number of allylic oxidation sites excluding steroid dienone is 1. The highest BCUT2D eigenvalue weighted by Gasteiger charge is 2.26. The van der Waals surface area contributed by atoms with Crippen molar-refractivity contribution in [1.82, 2.24) is 14.9 Å². The topological polar surface area (TPSA) is 89.9 Å². The lowest BCUT2D eigenvalue weighted by Gasteiger charge is -2.26. The van der Waals surface area contributed by atoms with Gasteiger partial charge in [0.1, 0.15) is 11.0 Å². The zero-order chi connectivity index (χ0) is 24.1. The third kappa shape index (κ3) is 5.56. The summed E-state index contributed by atoms with van der Waals surface area (Å²) in [6.45, 7) is 5.49. The summed E-state index contributed by atoms with van der Waals surface area (Å²) in [6, 6.07) is 5.64. The van der Waals surface area contributed by atoms with Crippen LogP contribution in [0.15, 0.2) is 35.7 Å². The molecule has 0 spiro atoms. The van der Waals surface area contributed by atoms with Gasteiger partial charge in [-0.1, -0.05) is 18.6 Å². The maximum absolute atomic E-state index is 6.68. The number of benzene rings is 1. The number of methoxy groups -OCH3 is 2. The lowest BCUT2D eigenvalue weighted by atomic mass is 9.99. The van der Waals surface area contributed by atoms with Crippen molar-refractivity contribution in [3.63, 3.8) is 0 Å². The molecule has 4 rings (SSSR count). The maximum atomic E-state index is 6.68. The van der Waals surface area contributed by atoms with Crippen molar-refractivity contribution in [2.75, 3.05) is 33.9 Å². The van der Waals surface area contributed by atoms with Gasteiger partial charge in [-0.2, -0.15) is 0 Å². The van der Waals surface area contributed by atoms with Crippen molar-refractivity contribution in [1.29, 1.82) is 0 Å². The van der Waals surface area contributed by atoms with Crippen molar-refractivity contribution >= 4 is 17.4 Å². The third-order valence-electron chi connectivity index (χ3n) is 6.70. The molecule has 8 heteroatoms. The van der Waals surface area contributed by atoms with Gasteiger partial charge in [-0.15, -0.1) is 11.3 Å². The molecule has 2 heterocycles. The number of hydrogen-bond donors (Lipinski definition) is 2. The van der Waals surface area contributed by atoms with Crippen LogP contribution in [0.1, 0.15) is 66.2 Å². The molecule has 1 aliphatic heterocycles. The summed E-state index contributed by atoms with van der Waals surface area (Å²) in [5.74, 6) is 8.03. The summed E-state index contributed by atoms with van der Waals surface area (Å²) in [6.07, 6.45) is 10.6. The Morgan fingerprint density at radius 3 is 2.68 bits per heavy atom. The molecular formula is C26H37N5O2S. The van der Waals surface area contributed by atoms with Gasteiger partial charge in [-0.3, -0.25) is 0 Å². The number of aromatic nitrogens is 1. The van der Waals surface area contributed by atoms with Crippen LogP contribution in [0.25, 0.3) is 6.08 Å². The minimum Gasteiger partial charge on any atom is -0.493 e. The Morgan fingerprint density at radius 2 is 1.97 bits per heavy atom. The van der Waals surface area contributed by atoms with Crippen LogP contribution in [0.3, 0.4) is 0 Å². The number of likely N-dealkylation sites (tertiary alicyclic amines) is 1. The second kappa shape index (κ2) is 11.3. The van der Waals surface area contributed by atoms with Crippen LogP contribution in [-0.2, 0) is 6.42 Å². The first-order valence-electron chi connectivity index (χ1n) is 12.1. The average molecular weight is 484 g/mol. The Bertz CT molecular complexity index is 1040. The van der Waals surface area contributed by atoms with Crippen molar-refractivity contribution in [3.05, 3.63) is 56.8 Å². The smallest absolute Gasteiger partial charge is 0.161 e. The van der Waals surface area contributed by atoms with E-state index in [0.29, 0.717) is 11.5 Å². The van der Waals surface area contributed by atoms with Crippen LogP contribution < -0.4 is 21.1 Å². The van der Waals surface area contributed by atoms with Gasteiger partial charge in [0.25, 0.3) is 0 Å².